The lowest BCUT2D eigenvalue weighted by atomic mass is 10.2. The molecular weight excluding hydrogens is 484 g/mol. The normalized spacial score (nSPS) is 14.0. The van der Waals surface area contributed by atoms with Gasteiger partial charge in [-0.05, 0) is 68.3 Å². The van der Waals surface area contributed by atoms with Gasteiger partial charge in [0.1, 0.15) is 5.75 Å². The van der Waals surface area contributed by atoms with Crippen molar-refractivity contribution in [3.05, 3.63) is 94.4 Å². The van der Waals surface area contributed by atoms with Crippen molar-refractivity contribution in [3.63, 3.8) is 0 Å². The maximum absolute atomic E-state index is 13.7. The molecule has 1 aromatic heterocycles. The molecule has 0 saturated carbocycles. The van der Waals surface area contributed by atoms with Crippen LogP contribution in [0.2, 0.25) is 0 Å². The van der Waals surface area contributed by atoms with Gasteiger partial charge in [0.15, 0.2) is 22.9 Å². The lowest BCUT2D eigenvalue weighted by Gasteiger charge is -2.16. The molecule has 9 nitrogen and oxygen atoms in total. The summed E-state index contributed by atoms with van der Waals surface area (Å²) in [7, 11) is 0. The molecule has 1 N–H and O–H groups in total. The Morgan fingerprint density at radius 1 is 0.947 bits per heavy atom. The highest BCUT2D eigenvalue weighted by atomic mass is 16.7. The van der Waals surface area contributed by atoms with Crippen molar-refractivity contribution >= 4 is 17.3 Å². The minimum atomic E-state index is -0.385. The number of fused-ring (bicyclic) bond motifs is 1. The van der Waals surface area contributed by atoms with E-state index in [0.717, 1.165) is 31.5 Å². The molecule has 3 aromatic carbocycles. The minimum Gasteiger partial charge on any atom is -0.454 e. The summed E-state index contributed by atoms with van der Waals surface area (Å²) >= 11 is 0. The topological polar surface area (TPSA) is 94.9 Å². The summed E-state index contributed by atoms with van der Waals surface area (Å²) in [5, 5.41) is 7.55. The van der Waals surface area contributed by atoms with E-state index in [0.29, 0.717) is 34.2 Å². The van der Waals surface area contributed by atoms with Gasteiger partial charge in [-0.15, -0.1) is 0 Å². The molecule has 192 valence electrons. The highest BCUT2D eigenvalue weighted by Crippen LogP contribution is 2.37. The van der Waals surface area contributed by atoms with Gasteiger partial charge in [0.05, 0.1) is 11.9 Å². The zero-order valence-corrected chi connectivity index (χ0v) is 20.8. The highest BCUT2D eigenvalue weighted by Gasteiger charge is 2.21. The Hall–Kier alpha value is -4.79. The monoisotopic (exact) mass is 510 g/mol. The zero-order chi connectivity index (χ0) is 26.1. The summed E-state index contributed by atoms with van der Waals surface area (Å²) in [6.45, 7) is 3.70. The quantitative estimate of drug-likeness (QED) is 0.388. The molecule has 0 bridgehead atoms. The molecule has 1 amide bonds. The number of ether oxygens (including phenoxy) is 3. The lowest BCUT2D eigenvalue weighted by molar-refractivity contribution is 0.0793. The van der Waals surface area contributed by atoms with Gasteiger partial charge < -0.3 is 24.4 Å². The first-order valence-corrected chi connectivity index (χ1v) is 12.5. The third-order valence-corrected chi connectivity index (χ3v) is 6.59. The van der Waals surface area contributed by atoms with Crippen LogP contribution in [0.5, 0.6) is 23.0 Å². The fraction of sp³-hybridized carbons (Fsp3) is 0.207. The molecule has 0 unspecified atom stereocenters. The molecule has 1 fully saturated rings. The molecule has 0 radical (unpaired) electrons. The van der Waals surface area contributed by atoms with Crippen molar-refractivity contribution in [1.82, 2.24) is 14.7 Å². The van der Waals surface area contributed by atoms with Crippen molar-refractivity contribution < 1.29 is 19.0 Å². The Labute approximate surface area is 219 Å². The van der Waals surface area contributed by atoms with Crippen LogP contribution >= 0.6 is 0 Å². The lowest BCUT2D eigenvalue weighted by Crippen LogP contribution is -2.27. The number of anilines is 2. The number of aromatic nitrogens is 2. The summed E-state index contributed by atoms with van der Waals surface area (Å²) < 4.78 is 18.2. The number of nitrogens with zero attached hydrogens (tertiary/aromatic N) is 3. The van der Waals surface area contributed by atoms with E-state index in [1.807, 2.05) is 36.1 Å². The number of hydrogen-bond acceptors (Lipinski definition) is 7. The predicted molar refractivity (Wildman–Crippen MR) is 142 cm³/mol. The number of likely N-dealkylation sites (tertiary alicyclic amines) is 1. The highest BCUT2D eigenvalue weighted by molar-refractivity contribution is 5.94. The van der Waals surface area contributed by atoms with Crippen LogP contribution in [0, 0.1) is 6.92 Å². The van der Waals surface area contributed by atoms with Gasteiger partial charge >= 0.3 is 0 Å². The predicted octanol–water partition coefficient (Wildman–Crippen LogP) is 5.04. The van der Waals surface area contributed by atoms with Crippen LogP contribution in [0.1, 0.15) is 28.8 Å². The molecule has 3 heterocycles. The van der Waals surface area contributed by atoms with E-state index in [4.69, 9.17) is 14.2 Å². The van der Waals surface area contributed by atoms with E-state index in [2.05, 4.69) is 10.4 Å². The number of hydrogen-bond donors (Lipinski definition) is 1. The van der Waals surface area contributed by atoms with E-state index < -0.39 is 0 Å². The Morgan fingerprint density at radius 3 is 2.45 bits per heavy atom. The first kappa shape index (κ1) is 23.6. The van der Waals surface area contributed by atoms with Gasteiger partial charge in [0.2, 0.25) is 6.79 Å². The maximum atomic E-state index is 13.7. The first-order chi connectivity index (χ1) is 18.5. The number of nitrogens with one attached hydrogen (secondary N) is 1. The fourth-order valence-corrected chi connectivity index (χ4v) is 4.51. The van der Waals surface area contributed by atoms with Gasteiger partial charge in [-0.25, -0.2) is 0 Å². The second kappa shape index (κ2) is 9.93. The van der Waals surface area contributed by atoms with E-state index >= 15 is 0 Å². The third-order valence-electron chi connectivity index (χ3n) is 6.59. The Bertz CT molecular complexity index is 1540. The second-order valence-electron chi connectivity index (χ2n) is 9.26. The molecular formula is C29H26N4O5. The van der Waals surface area contributed by atoms with Crippen molar-refractivity contribution in [1.29, 1.82) is 0 Å². The molecule has 38 heavy (non-hydrogen) atoms. The van der Waals surface area contributed by atoms with Gasteiger partial charge in [-0.3, -0.25) is 9.59 Å². The van der Waals surface area contributed by atoms with Crippen LogP contribution in [0.25, 0.3) is 5.69 Å². The summed E-state index contributed by atoms with van der Waals surface area (Å²) in [6, 6.07) is 19.8. The smallest absolute Gasteiger partial charge is 0.299 e. The van der Waals surface area contributed by atoms with Crippen LogP contribution in [0.15, 0.2) is 77.7 Å². The average Bonchev–Trinajstić information content (AvgIpc) is 3.64. The van der Waals surface area contributed by atoms with Crippen molar-refractivity contribution in [2.45, 2.75) is 19.8 Å². The van der Waals surface area contributed by atoms with Gasteiger partial charge in [-0.1, -0.05) is 17.7 Å². The largest absolute Gasteiger partial charge is 0.454 e. The maximum Gasteiger partial charge on any atom is 0.299 e. The van der Waals surface area contributed by atoms with E-state index in [-0.39, 0.29) is 29.7 Å². The summed E-state index contributed by atoms with van der Waals surface area (Å²) in [5.74, 6) is 1.93. The van der Waals surface area contributed by atoms with Crippen molar-refractivity contribution in [2.24, 2.45) is 0 Å². The molecule has 1 saturated heterocycles. The second-order valence-corrected chi connectivity index (χ2v) is 9.26. The number of aryl methyl sites for hydroxylation is 1. The number of amides is 1. The molecule has 2 aliphatic rings. The molecule has 9 heteroatoms. The fourth-order valence-electron chi connectivity index (χ4n) is 4.51. The van der Waals surface area contributed by atoms with Crippen LogP contribution in [-0.4, -0.2) is 40.5 Å². The van der Waals surface area contributed by atoms with Crippen LogP contribution < -0.4 is 25.1 Å². The van der Waals surface area contributed by atoms with Gasteiger partial charge in [0, 0.05) is 30.4 Å². The van der Waals surface area contributed by atoms with Crippen LogP contribution in [0.4, 0.5) is 11.4 Å². The molecule has 0 atom stereocenters. The number of rotatable bonds is 6. The Balaban J connectivity index is 1.34. The Kier molecular flexibility index (Phi) is 6.17. The van der Waals surface area contributed by atoms with Crippen LogP contribution in [-0.2, 0) is 0 Å². The molecule has 4 aromatic rings. The number of benzene rings is 3. The minimum absolute atomic E-state index is 0.0199. The van der Waals surface area contributed by atoms with Gasteiger partial charge in [-0.2, -0.15) is 9.78 Å². The standard InChI is InChI=1S/C29H26N4O5/c1-19-4-10-22(11-5-19)33-29(35)27(26(17-30-33)38-23-12-13-24-25(16-23)37-18-36-24)31-21-8-6-20(7-9-21)28(34)32-14-2-3-15-32/h4-13,16-17,31H,2-3,14-15,18H2,1H3. The van der Waals surface area contributed by atoms with Gasteiger partial charge in [0.25, 0.3) is 11.5 Å². The summed E-state index contributed by atoms with van der Waals surface area (Å²) in [5.41, 5.74) is 2.77. The summed E-state index contributed by atoms with van der Waals surface area (Å²) in [6.07, 6.45) is 3.57. The summed E-state index contributed by atoms with van der Waals surface area (Å²) in [4.78, 5) is 28.3. The third kappa shape index (κ3) is 4.66. The number of carbonyl (C=O) groups is 1. The molecule has 0 spiro atoms. The number of carbonyl (C=O) groups excluding carboxylic acids is 1. The zero-order valence-electron chi connectivity index (χ0n) is 20.8. The molecule has 2 aliphatic heterocycles. The van der Waals surface area contributed by atoms with Crippen LogP contribution in [0.3, 0.4) is 0 Å². The molecule has 6 rings (SSSR count). The Morgan fingerprint density at radius 2 is 1.68 bits per heavy atom. The molecule has 0 aliphatic carbocycles. The average molecular weight is 511 g/mol. The van der Waals surface area contributed by atoms with E-state index in [1.54, 1.807) is 42.5 Å². The van der Waals surface area contributed by atoms with E-state index in [9.17, 15) is 9.59 Å². The van der Waals surface area contributed by atoms with Crippen molar-refractivity contribution in [2.75, 3.05) is 25.2 Å². The van der Waals surface area contributed by atoms with Crippen molar-refractivity contribution in [3.8, 4) is 28.7 Å². The van der Waals surface area contributed by atoms with E-state index in [1.165, 1.54) is 10.9 Å². The SMILES string of the molecule is Cc1ccc(-n2ncc(Oc3ccc4c(c3)OCO4)c(Nc3ccc(C(=O)N4CCCC4)cc3)c2=O)cc1. The first-order valence-electron chi connectivity index (χ1n) is 12.5.